The lowest BCUT2D eigenvalue weighted by molar-refractivity contribution is -0.394. The van der Waals surface area contributed by atoms with Crippen LogP contribution in [-0.2, 0) is 0 Å². The van der Waals surface area contributed by atoms with E-state index in [0.717, 1.165) is 4.68 Å². The lowest BCUT2D eigenvalue weighted by atomic mass is 10.4. The minimum Gasteiger partial charge on any atom is -0.390 e. The van der Waals surface area contributed by atoms with Crippen LogP contribution < -0.4 is 0 Å². The lowest BCUT2D eigenvalue weighted by Gasteiger charge is -1.99. The molecule has 0 aliphatic heterocycles. The molecule has 0 radical (unpaired) electrons. The Morgan fingerprint density at radius 2 is 1.89 bits per heavy atom. The maximum Gasteiger partial charge on any atom is 0.492 e. The Hall–Kier alpha value is -1.95. The molecule has 19 heavy (non-hydrogen) atoms. The molecule has 0 saturated carbocycles. The van der Waals surface area contributed by atoms with E-state index < -0.39 is 15.8 Å². The average molecular weight is 394 g/mol. The number of hydrogen-bond acceptors (Lipinski definition) is 7. The third-order valence-electron chi connectivity index (χ3n) is 1.93. The quantitative estimate of drug-likeness (QED) is 0.575. The molecule has 0 saturated heterocycles. The maximum atomic E-state index is 10.9. The molecule has 2 rings (SSSR count). The lowest BCUT2D eigenvalue weighted by Crippen LogP contribution is -2.05. The fourth-order valence-electron chi connectivity index (χ4n) is 1.21. The summed E-state index contributed by atoms with van der Waals surface area (Å²) in [6.07, 6.45) is 1.31. The summed E-state index contributed by atoms with van der Waals surface area (Å²) in [5, 5.41) is 25.0. The van der Waals surface area contributed by atoms with E-state index in [1.54, 1.807) is 0 Å². The first kappa shape index (κ1) is 13.5. The Morgan fingerprint density at radius 1 is 1.21 bits per heavy atom. The van der Waals surface area contributed by atoms with Crippen molar-refractivity contribution in [3.05, 3.63) is 41.7 Å². The topological polar surface area (TPSA) is 130 Å². The van der Waals surface area contributed by atoms with Crippen LogP contribution in [0, 0.1) is 20.2 Å². The van der Waals surface area contributed by atoms with Gasteiger partial charge in [0.1, 0.15) is 0 Å². The maximum absolute atomic E-state index is 10.9. The third kappa shape index (κ3) is 2.58. The SMILES string of the molecule is O=[N+]([O-])c1nc(Br)n(-c2ncc(Br)cc2[N+](=O)[O-])n1. The predicted molar refractivity (Wildman–Crippen MR) is 67.9 cm³/mol. The predicted octanol–water partition coefficient (Wildman–Crippen LogP) is 2.00. The molecule has 0 bridgehead atoms. The van der Waals surface area contributed by atoms with E-state index in [-0.39, 0.29) is 16.2 Å². The van der Waals surface area contributed by atoms with Crippen LogP contribution in [0.15, 0.2) is 21.5 Å². The first-order valence-corrected chi connectivity index (χ1v) is 6.06. The average Bonchev–Trinajstić information content (AvgIpc) is 2.71. The van der Waals surface area contributed by atoms with Gasteiger partial charge in [-0.1, -0.05) is 0 Å². The number of hydrogen-bond donors (Lipinski definition) is 0. The van der Waals surface area contributed by atoms with E-state index >= 15 is 0 Å². The molecule has 2 aromatic heterocycles. The number of nitro groups is 2. The highest BCUT2D eigenvalue weighted by molar-refractivity contribution is 9.10. The molecule has 0 spiro atoms. The van der Waals surface area contributed by atoms with Crippen LogP contribution in [-0.4, -0.2) is 29.6 Å². The van der Waals surface area contributed by atoms with E-state index in [4.69, 9.17) is 0 Å². The van der Waals surface area contributed by atoms with Gasteiger partial charge in [0.05, 0.1) is 4.92 Å². The first-order chi connectivity index (χ1) is 8.90. The summed E-state index contributed by atoms with van der Waals surface area (Å²) < 4.78 is 1.22. The number of rotatable bonds is 3. The zero-order valence-electron chi connectivity index (χ0n) is 8.73. The molecule has 0 aromatic carbocycles. The molecular formula is C7H2Br2N6O4. The minimum absolute atomic E-state index is 0.0582. The summed E-state index contributed by atoms with van der Waals surface area (Å²) in [4.78, 5) is 27.3. The second kappa shape index (κ2) is 4.97. The number of nitrogens with zero attached hydrogens (tertiary/aromatic N) is 6. The van der Waals surface area contributed by atoms with Crippen molar-refractivity contribution < 1.29 is 9.85 Å². The van der Waals surface area contributed by atoms with Gasteiger partial charge in [0.2, 0.25) is 0 Å². The molecule has 2 aromatic rings. The molecular weight excluding hydrogens is 392 g/mol. The van der Waals surface area contributed by atoms with Gasteiger partial charge in [0.15, 0.2) is 0 Å². The van der Waals surface area contributed by atoms with Crippen LogP contribution in [0.5, 0.6) is 0 Å². The standard InChI is InChI=1S/C7H2Br2N6O4/c8-3-1-4(14(16)17)5(10-2-3)13-6(9)11-7(12-13)15(18)19/h1-2H. The highest BCUT2D eigenvalue weighted by Crippen LogP contribution is 2.26. The van der Waals surface area contributed by atoms with E-state index in [1.165, 1.54) is 12.3 Å². The van der Waals surface area contributed by atoms with E-state index in [1.807, 2.05) is 0 Å². The highest BCUT2D eigenvalue weighted by atomic mass is 79.9. The summed E-state index contributed by atoms with van der Waals surface area (Å²) in [7, 11) is 0. The van der Waals surface area contributed by atoms with Crippen LogP contribution in [0.1, 0.15) is 0 Å². The molecule has 98 valence electrons. The van der Waals surface area contributed by atoms with E-state index in [0.29, 0.717) is 4.47 Å². The van der Waals surface area contributed by atoms with Crippen LogP contribution in [0.2, 0.25) is 0 Å². The van der Waals surface area contributed by atoms with Crippen molar-refractivity contribution in [3.8, 4) is 5.82 Å². The number of aromatic nitrogens is 4. The van der Waals surface area contributed by atoms with E-state index in [2.05, 4.69) is 46.9 Å². The van der Waals surface area contributed by atoms with Crippen LogP contribution in [0.4, 0.5) is 11.6 Å². The smallest absolute Gasteiger partial charge is 0.390 e. The Kier molecular flexibility index (Phi) is 3.53. The molecule has 0 unspecified atom stereocenters. The van der Waals surface area contributed by atoms with Gasteiger partial charge in [-0.25, -0.2) is 4.98 Å². The van der Waals surface area contributed by atoms with Gasteiger partial charge in [-0.3, -0.25) is 10.1 Å². The zero-order valence-corrected chi connectivity index (χ0v) is 11.9. The largest absolute Gasteiger partial charge is 0.492 e. The Morgan fingerprint density at radius 3 is 2.42 bits per heavy atom. The van der Waals surface area contributed by atoms with Crippen molar-refractivity contribution in [1.29, 1.82) is 0 Å². The van der Waals surface area contributed by atoms with Gasteiger partial charge in [-0.05, 0) is 25.8 Å². The summed E-state index contributed by atoms with van der Waals surface area (Å²) in [5.41, 5.74) is -0.366. The third-order valence-corrected chi connectivity index (χ3v) is 2.88. The van der Waals surface area contributed by atoms with Crippen molar-refractivity contribution >= 4 is 43.5 Å². The molecule has 0 aliphatic rings. The number of pyridine rings is 1. The molecule has 12 heteroatoms. The Bertz CT molecular complexity index is 686. The van der Waals surface area contributed by atoms with Crippen molar-refractivity contribution in [1.82, 2.24) is 19.7 Å². The molecule has 0 fully saturated rings. The molecule has 0 amide bonds. The molecule has 10 nitrogen and oxygen atoms in total. The van der Waals surface area contributed by atoms with Crippen molar-refractivity contribution in [2.75, 3.05) is 0 Å². The fourth-order valence-corrected chi connectivity index (χ4v) is 1.94. The van der Waals surface area contributed by atoms with Gasteiger partial charge in [-0.2, -0.15) is 0 Å². The Labute approximate surface area is 121 Å². The zero-order chi connectivity index (χ0) is 14.2. The van der Waals surface area contributed by atoms with Gasteiger partial charge in [0, 0.05) is 37.8 Å². The summed E-state index contributed by atoms with van der Waals surface area (Å²) in [6.45, 7) is 0. The second-order valence-electron chi connectivity index (χ2n) is 3.10. The molecule has 0 aliphatic carbocycles. The summed E-state index contributed by atoms with van der Waals surface area (Å²) in [5.74, 6) is -0.869. The molecule has 2 heterocycles. The fraction of sp³-hybridized carbons (Fsp3) is 0. The van der Waals surface area contributed by atoms with Gasteiger partial charge >= 0.3 is 11.6 Å². The van der Waals surface area contributed by atoms with E-state index in [9.17, 15) is 20.2 Å². The molecule has 0 atom stereocenters. The Balaban J connectivity index is 2.65. The van der Waals surface area contributed by atoms with Crippen LogP contribution >= 0.6 is 31.9 Å². The second-order valence-corrected chi connectivity index (χ2v) is 4.73. The van der Waals surface area contributed by atoms with Crippen LogP contribution in [0.25, 0.3) is 5.82 Å². The van der Waals surface area contributed by atoms with Gasteiger partial charge < -0.3 is 10.1 Å². The van der Waals surface area contributed by atoms with Crippen LogP contribution in [0.3, 0.4) is 0 Å². The van der Waals surface area contributed by atoms with Crippen molar-refractivity contribution in [2.24, 2.45) is 0 Å². The monoisotopic (exact) mass is 392 g/mol. The number of halogens is 2. The van der Waals surface area contributed by atoms with Crippen molar-refractivity contribution in [3.63, 3.8) is 0 Å². The first-order valence-electron chi connectivity index (χ1n) is 4.47. The molecule has 0 N–H and O–H groups in total. The summed E-state index contributed by atoms with van der Waals surface area (Å²) in [6, 6.07) is 1.21. The summed E-state index contributed by atoms with van der Waals surface area (Å²) >= 11 is 5.99. The van der Waals surface area contributed by atoms with Crippen molar-refractivity contribution in [2.45, 2.75) is 0 Å². The highest BCUT2D eigenvalue weighted by Gasteiger charge is 2.27. The van der Waals surface area contributed by atoms with Gasteiger partial charge in [-0.15, -0.1) is 4.68 Å². The minimum atomic E-state index is -0.814. The van der Waals surface area contributed by atoms with Gasteiger partial charge in [0.25, 0.3) is 10.6 Å². The normalized spacial score (nSPS) is 10.4.